The van der Waals surface area contributed by atoms with Crippen molar-refractivity contribution in [3.05, 3.63) is 133 Å². The number of allylic oxidation sites excluding steroid dienone is 2. The molecule has 15 nitrogen and oxygen atoms in total. The number of unbranched alkanes of at least 4 members (excludes halogenated alkanes) is 1. The predicted octanol–water partition coefficient (Wildman–Crippen LogP) is 7.26. The summed E-state index contributed by atoms with van der Waals surface area (Å²) in [4.78, 5) is 32.1. The van der Waals surface area contributed by atoms with Gasteiger partial charge < -0.3 is 48.9 Å². The molecule has 1 saturated carbocycles. The zero-order chi connectivity index (χ0) is 48.4. The van der Waals surface area contributed by atoms with E-state index in [1.165, 1.54) is 0 Å². The molecule has 3 aromatic carbocycles. The van der Waals surface area contributed by atoms with E-state index in [-0.39, 0.29) is 30.3 Å². The van der Waals surface area contributed by atoms with Crippen LogP contribution in [-0.2, 0) is 43.2 Å². The van der Waals surface area contributed by atoms with Crippen molar-refractivity contribution in [1.82, 2.24) is 30.1 Å². The van der Waals surface area contributed by atoms with Crippen molar-refractivity contribution in [2.24, 2.45) is 0 Å². The van der Waals surface area contributed by atoms with E-state index in [4.69, 9.17) is 28.4 Å². The Labute approximate surface area is 403 Å². The predicted molar refractivity (Wildman–Crippen MR) is 266 cm³/mol. The maximum absolute atomic E-state index is 14.0. The molecule has 1 heterocycles. The van der Waals surface area contributed by atoms with Gasteiger partial charge in [-0.25, -0.2) is 4.68 Å². The quantitative estimate of drug-likeness (QED) is 0.0353. The van der Waals surface area contributed by atoms with Gasteiger partial charge >= 0.3 is 0 Å². The van der Waals surface area contributed by atoms with Crippen LogP contribution in [0.25, 0.3) is 0 Å². The zero-order valence-corrected chi connectivity index (χ0v) is 40.6. The van der Waals surface area contributed by atoms with E-state index in [0.29, 0.717) is 78.0 Å². The smallest absolute Gasteiger partial charge is 0.247 e. The Balaban J connectivity index is 0.896. The first-order chi connectivity index (χ1) is 33.2. The molecule has 2 unspecified atom stereocenters. The molecule has 0 saturated heterocycles. The van der Waals surface area contributed by atoms with E-state index >= 15 is 0 Å². The normalized spacial score (nSPS) is 13.4. The summed E-state index contributed by atoms with van der Waals surface area (Å²) in [6.45, 7) is 16.4. The third kappa shape index (κ3) is 18.6. The summed E-state index contributed by atoms with van der Waals surface area (Å²) < 4.78 is 36.1. The molecule has 4 aromatic rings. The highest BCUT2D eigenvalue weighted by Gasteiger charge is 2.41. The second-order valence-corrected chi connectivity index (χ2v) is 16.7. The number of aromatic nitrogens is 3. The van der Waals surface area contributed by atoms with E-state index in [2.05, 4.69) is 46.1 Å². The minimum Gasteiger partial charge on any atom is -0.497 e. The van der Waals surface area contributed by atoms with Gasteiger partial charge in [-0.1, -0.05) is 60.9 Å². The van der Waals surface area contributed by atoms with Gasteiger partial charge in [0.25, 0.3) is 0 Å². The lowest BCUT2D eigenvalue weighted by molar-refractivity contribution is -0.141. The number of methoxy groups -OCH3 is 1. The molecule has 0 radical (unpaired) electrons. The largest absolute Gasteiger partial charge is 0.497 e. The molecule has 1 fully saturated rings. The van der Waals surface area contributed by atoms with Crippen molar-refractivity contribution in [3.63, 3.8) is 0 Å². The van der Waals surface area contributed by atoms with Gasteiger partial charge in [0, 0.05) is 44.4 Å². The summed E-state index contributed by atoms with van der Waals surface area (Å²) in [5, 5.41) is 14.6. The average Bonchev–Trinajstić information content (AvgIpc) is 4.10. The molecule has 1 aliphatic carbocycles. The number of aryl methyl sites for hydroxylation is 1. The molecule has 5 rings (SSSR count). The van der Waals surface area contributed by atoms with Gasteiger partial charge in [-0.3, -0.25) is 9.59 Å². The topological polar surface area (TPSA) is 151 Å². The third-order valence-electron chi connectivity index (χ3n) is 11.5. The molecular weight excluding hydrogens is 863 g/mol. The number of hydrogen-bond acceptors (Lipinski definition) is 12. The summed E-state index contributed by atoms with van der Waals surface area (Å²) in [7, 11) is 5.59. The van der Waals surface area contributed by atoms with Gasteiger partial charge in [-0.2, -0.15) is 0 Å². The third-order valence-corrected chi connectivity index (χ3v) is 11.5. The molecule has 0 aliphatic heterocycles. The number of rotatable bonds is 35. The first-order valence-corrected chi connectivity index (χ1v) is 23.8. The number of nitrogens with one attached hydrogen (secondary N) is 2. The van der Waals surface area contributed by atoms with Crippen molar-refractivity contribution in [3.8, 4) is 17.2 Å². The van der Waals surface area contributed by atoms with Gasteiger partial charge in [-0.15, -0.1) is 5.10 Å². The number of benzene rings is 3. The van der Waals surface area contributed by atoms with E-state index < -0.39 is 6.04 Å². The van der Waals surface area contributed by atoms with E-state index in [0.717, 1.165) is 78.4 Å². The maximum Gasteiger partial charge on any atom is 0.247 e. The first kappa shape index (κ1) is 53.0. The Bertz CT molecular complexity index is 2120. The van der Waals surface area contributed by atoms with Crippen molar-refractivity contribution in [2.45, 2.75) is 76.5 Å². The van der Waals surface area contributed by atoms with Crippen LogP contribution >= 0.6 is 0 Å². The molecule has 0 spiro atoms. The molecule has 0 bridgehead atoms. The molecule has 2 atom stereocenters. The van der Waals surface area contributed by atoms with Crippen LogP contribution < -0.4 is 24.8 Å². The number of amides is 2. The van der Waals surface area contributed by atoms with Crippen LogP contribution in [0.4, 0.5) is 5.69 Å². The number of nitrogens with zero attached hydrogens (tertiary/aromatic N) is 5. The fourth-order valence-electron chi connectivity index (χ4n) is 7.43. The Morgan fingerprint density at radius 2 is 1.47 bits per heavy atom. The molecule has 1 aromatic heterocycles. The Morgan fingerprint density at radius 3 is 2.15 bits per heavy atom. The molecular formula is C53H73N7O8. The number of hydrogen-bond donors (Lipinski definition) is 2. The molecule has 368 valence electrons. The van der Waals surface area contributed by atoms with Gasteiger partial charge in [0.2, 0.25) is 11.8 Å². The fraction of sp³-hybridized carbons (Fsp3) is 0.472. The highest BCUT2D eigenvalue weighted by atomic mass is 16.5. The Kier molecular flexibility index (Phi) is 23.1. The van der Waals surface area contributed by atoms with Gasteiger partial charge in [0.15, 0.2) is 0 Å². The second-order valence-electron chi connectivity index (χ2n) is 16.7. The van der Waals surface area contributed by atoms with E-state index in [1.807, 2.05) is 99.0 Å². The number of ether oxygens (including phenoxy) is 6. The highest BCUT2D eigenvalue weighted by Crippen LogP contribution is 2.36. The number of carbonyl (C=O) groups is 2. The SMILES string of the molecule is C=C/C=C(\C=C)C(C)NC(=O)C(c1ccc(OC)cc1)N(C(=O)CCc1ccc(OCCCCN(C)CCOCCOCCc2cn(CCOCCOc3ccc(NC)cc3)nn2)cc1)C1CC1. The molecule has 1 aliphatic rings. The lowest BCUT2D eigenvalue weighted by Crippen LogP contribution is -2.47. The minimum atomic E-state index is -0.782. The van der Waals surface area contributed by atoms with Gasteiger partial charge in [0.05, 0.1) is 71.6 Å². The zero-order valence-electron chi connectivity index (χ0n) is 40.6. The van der Waals surface area contributed by atoms with E-state index in [9.17, 15) is 9.59 Å². The van der Waals surface area contributed by atoms with Crippen LogP contribution in [0.1, 0.15) is 61.9 Å². The summed E-state index contributed by atoms with van der Waals surface area (Å²) in [5.41, 5.74) is 4.53. The van der Waals surface area contributed by atoms with Crippen LogP contribution in [0.3, 0.4) is 0 Å². The summed E-state index contributed by atoms with van der Waals surface area (Å²) in [5.74, 6) is 2.01. The molecule has 2 N–H and O–H groups in total. The molecule has 15 heteroatoms. The lowest BCUT2D eigenvalue weighted by atomic mass is 10.0. The van der Waals surface area contributed by atoms with Gasteiger partial charge in [0.1, 0.15) is 29.9 Å². The van der Waals surface area contributed by atoms with E-state index in [1.54, 1.807) is 28.8 Å². The number of carbonyl (C=O) groups excluding carboxylic acids is 2. The van der Waals surface area contributed by atoms with Crippen molar-refractivity contribution >= 4 is 17.5 Å². The lowest BCUT2D eigenvalue weighted by Gasteiger charge is -2.33. The maximum atomic E-state index is 14.0. The molecule has 2 amide bonds. The fourth-order valence-corrected chi connectivity index (χ4v) is 7.43. The van der Waals surface area contributed by atoms with Crippen molar-refractivity contribution < 1.29 is 38.0 Å². The monoisotopic (exact) mass is 936 g/mol. The second kappa shape index (κ2) is 29.7. The van der Waals surface area contributed by atoms with Crippen molar-refractivity contribution in [2.75, 3.05) is 92.5 Å². The number of anilines is 1. The van der Waals surface area contributed by atoms with Crippen LogP contribution in [0.2, 0.25) is 0 Å². The minimum absolute atomic E-state index is 0.00931. The van der Waals surface area contributed by atoms with Crippen LogP contribution in [-0.4, -0.2) is 136 Å². The van der Waals surface area contributed by atoms with Crippen molar-refractivity contribution in [1.29, 1.82) is 0 Å². The van der Waals surface area contributed by atoms with Gasteiger partial charge in [-0.05, 0) is 118 Å². The average molecular weight is 936 g/mol. The summed E-state index contributed by atoms with van der Waals surface area (Å²) in [6.07, 6.45) is 12.3. The van der Waals surface area contributed by atoms with Crippen LogP contribution in [0, 0.1) is 0 Å². The summed E-state index contributed by atoms with van der Waals surface area (Å²) in [6, 6.07) is 22.0. The first-order valence-electron chi connectivity index (χ1n) is 23.8. The van der Waals surface area contributed by atoms with Crippen LogP contribution in [0.15, 0.2) is 116 Å². The van der Waals surface area contributed by atoms with Crippen LogP contribution in [0.5, 0.6) is 17.2 Å². The standard InChI is InChI=1S/C53H73N7O8/c1-7-11-43(8-2)41(3)55-53(62)52(44-15-23-48(63-6)24-16-44)60(47-19-20-47)51(61)27-14-42-12-21-49(22-13-42)67-32-10-9-29-58(5)30-34-65-37-36-64-33-28-46-40-59(57-56-46)31-35-66-38-39-68-50-25-17-45(54-4)18-26-50/h7-8,11-13,15-18,21-26,40-41,47,52,54H,1-2,9-10,14,19-20,27-39H2,3-6H3,(H,55,62)/b43-11+. The Morgan fingerprint density at radius 1 is 0.809 bits per heavy atom. The summed E-state index contributed by atoms with van der Waals surface area (Å²) >= 11 is 0. The molecule has 68 heavy (non-hydrogen) atoms. The number of likely N-dealkylation sites (N-methyl/N-ethyl adjacent to an activating group) is 1. The highest BCUT2D eigenvalue weighted by molar-refractivity contribution is 5.89. The Hall–Kier alpha value is -6.00.